The molecule has 142 valence electrons. The second-order valence-corrected chi connectivity index (χ2v) is 8.58. The maximum absolute atomic E-state index is 12.5. The van der Waals surface area contributed by atoms with Crippen LogP contribution in [0.2, 0.25) is 0 Å². The number of likely N-dealkylation sites (N-methyl/N-ethyl adjacent to an activating group) is 1. The van der Waals surface area contributed by atoms with Crippen LogP contribution in [-0.4, -0.2) is 58.1 Å². The van der Waals surface area contributed by atoms with Crippen LogP contribution < -0.4 is 15.5 Å². The van der Waals surface area contributed by atoms with Crippen LogP contribution in [0.5, 0.6) is 0 Å². The highest BCUT2D eigenvalue weighted by molar-refractivity contribution is 7.89. The molecule has 0 fully saturated rings. The molecule has 25 heavy (non-hydrogen) atoms. The van der Waals surface area contributed by atoms with E-state index in [2.05, 4.69) is 24.7 Å². The maximum atomic E-state index is 12.5. The van der Waals surface area contributed by atoms with Crippen LogP contribution in [0.4, 0.5) is 0 Å². The summed E-state index contributed by atoms with van der Waals surface area (Å²) in [5, 5.41) is 7.01. The molecule has 0 aromatic heterocycles. The Morgan fingerprint density at radius 3 is 2.24 bits per heavy atom. The number of nitrogens with zero attached hydrogens (tertiary/aromatic N) is 1. The van der Waals surface area contributed by atoms with E-state index >= 15 is 0 Å². The summed E-state index contributed by atoms with van der Waals surface area (Å²) >= 11 is 5.30. The van der Waals surface area contributed by atoms with Crippen molar-refractivity contribution >= 4 is 27.4 Å². The van der Waals surface area contributed by atoms with E-state index < -0.39 is 10.0 Å². The monoisotopic (exact) mass is 387 g/mol. The Balaban J connectivity index is 2.71. The molecule has 0 bridgehead atoms. The summed E-state index contributed by atoms with van der Waals surface area (Å²) in [5.41, 5.74) is 0.987. The highest BCUT2D eigenvalue weighted by atomic mass is 32.2. The SMILES string of the molecule is CCN(CC)S(=O)(=O)c1ccc([C@@H](C)NC(=S)NCC[NH+](C)C)cc1. The summed E-state index contributed by atoms with van der Waals surface area (Å²) in [4.78, 5) is 1.68. The fraction of sp³-hybridized carbons (Fsp3) is 0.588. The summed E-state index contributed by atoms with van der Waals surface area (Å²) in [6.45, 7) is 8.40. The van der Waals surface area contributed by atoms with Gasteiger partial charge in [-0.1, -0.05) is 26.0 Å². The van der Waals surface area contributed by atoms with Crippen molar-refractivity contribution in [2.24, 2.45) is 0 Å². The first-order chi connectivity index (χ1) is 11.7. The quantitative estimate of drug-likeness (QED) is 0.535. The molecule has 0 heterocycles. The van der Waals surface area contributed by atoms with Gasteiger partial charge in [0.2, 0.25) is 10.0 Å². The van der Waals surface area contributed by atoms with Crippen LogP contribution in [-0.2, 0) is 10.0 Å². The zero-order valence-electron chi connectivity index (χ0n) is 15.8. The van der Waals surface area contributed by atoms with Gasteiger partial charge in [-0.05, 0) is 36.8 Å². The van der Waals surface area contributed by atoms with E-state index in [4.69, 9.17) is 12.2 Å². The van der Waals surface area contributed by atoms with Crippen molar-refractivity contribution in [3.63, 3.8) is 0 Å². The normalized spacial score (nSPS) is 13.1. The smallest absolute Gasteiger partial charge is 0.243 e. The highest BCUT2D eigenvalue weighted by Crippen LogP contribution is 2.19. The van der Waals surface area contributed by atoms with Gasteiger partial charge in [0.05, 0.1) is 38.1 Å². The predicted octanol–water partition coefficient (Wildman–Crippen LogP) is 0.387. The lowest BCUT2D eigenvalue weighted by Crippen LogP contribution is -3.06. The first-order valence-corrected chi connectivity index (χ1v) is 10.5. The van der Waals surface area contributed by atoms with Gasteiger partial charge in [0.15, 0.2) is 5.11 Å². The molecular weight excluding hydrogens is 356 g/mol. The Morgan fingerprint density at radius 2 is 1.76 bits per heavy atom. The van der Waals surface area contributed by atoms with Crippen molar-refractivity contribution in [1.82, 2.24) is 14.9 Å². The number of sulfonamides is 1. The fourth-order valence-corrected chi connectivity index (χ4v) is 4.13. The van der Waals surface area contributed by atoms with Crippen LogP contribution in [0.1, 0.15) is 32.4 Å². The number of hydrogen-bond donors (Lipinski definition) is 3. The van der Waals surface area contributed by atoms with Gasteiger partial charge in [-0.15, -0.1) is 0 Å². The van der Waals surface area contributed by atoms with Gasteiger partial charge < -0.3 is 15.5 Å². The van der Waals surface area contributed by atoms with Crippen LogP contribution in [0.25, 0.3) is 0 Å². The second kappa shape index (κ2) is 10.1. The molecule has 1 aromatic carbocycles. The van der Waals surface area contributed by atoms with Crippen LogP contribution in [0, 0.1) is 0 Å². The zero-order chi connectivity index (χ0) is 19.0. The molecule has 6 nitrogen and oxygen atoms in total. The molecule has 0 saturated heterocycles. The van der Waals surface area contributed by atoms with E-state index in [9.17, 15) is 8.42 Å². The Bertz CT molecular complexity index is 641. The minimum Gasteiger partial charge on any atom is -0.357 e. The van der Waals surface area contributed by atoms with Crippen molar-refractivity contribution in [2.45, 2.75) is 31.7 Å². The van der Waals surface area contributed by atoms with E-state index in [-0.39, 0.29) is 6.04 Å². The Labute approximate surface area is 157 Å². The third-order valence-electron chi connectivity index (χ3n) is 3.98. The van der Waals surface area contributed by atoms with Gasteiger partial charge in [-0.25, -0.2) is 8.42 Å². The average molecular weight is 388 g/mol. The van der Waals surface area contributed by atoms with E-state index in [0.29, 0.717) is 23.1 Å². The lowest BCUT2D eigenvalue weighted by atomic mass is 10.1. The highest BCUT2D eigenvalue weighted by Gasteiger charge is 2.21. The molecule has 1 rings (SSSR count). The van der Waals surface area contributed by atoms with Crippen molar-refractivity contribution in [3.8, 4) is 0 Å². The first kappa shape index (κ1) is 21.8. The van der Waals surface area contributed by atoms with Gasteiger partial charge in [0.1, 0.15) is 0 Å². The molecule has 0 aliphatic heterocycles. The second-order valence-electron chi connectivity index (χ2n) is 6.24. The zero-order valence-corrected chi connectivity index (χ0v) is 17.4. The van der Waals surface area contributed by atoms with Crippen molar-refractivity contribution in [2.75, 3.05) is 40.3 Å². The Kier molecular flexibility index (Phi) is 8.78. The minimum absolute atomic E-state index is 0.00286. The van der Waals surface area contributed by atoms with Gasteiger partial charge in [0.25, 0.3) is 0 Å². The summed E-state index contributed by atoms with van der Waals surface area (Å²) in [6, 6.07) is 6.98. The number of benzene rings is 1. The first-order valence-electron chi connectivity index (χ1n) is 8.65. The molecule has 0 aliphatic carbocycles. The van der Waals surface area contributed by atoms with Gasteiger partial charge >= 0.3 is 0 Å². The minimum atomic E-state index is -3.41. The molecule has 0 unspecified atom stereocenters. The lowest BCUT2D eigenvalue weighted by molar-refractivity contribution is -0.856. The Morgan fingerprint density at radius 1 is 1.20 bits per heavy atom. The molecule has 0 spiro atoms. The molecule has 3 N–H and O–H groups in total. The number of quaternary nitrogens is 1. The third-order valence-corrected chi connectivity index (χ3v) is 6.31. The van der Waals surface area contributed by atoms with Crippen LogP contribution in [0.15, 0.2) is 29.2 Å². The Hall–Kier alpha value is -1.22. The van der Waals surface area contributed by atoms with Crippen LogP contribution >= 0.6 is 12.2 Å². The summed E-state index contributed by atoms with van der Waals surface area (Å²) < 4.78 is 26.5. The van der Waals surface area contributed by atoms with E-state index in [0.717, 1.165) is 18.7 Å². The topological polar surface area (TPSA) is 65.9 Å². The van der Waals surface area contributed by atoms with E-state index in [1.54, 1.807) is 12.1 Å². The number of rotatable bonds is 9. The average Bonchev–Trinajstić information content (AvgIpc) is 2.55. The molecule has 0 radical (unpaired) electrons. The van der Waals surface area contributed by atoms with Crippen molar-refractivity contribution in [3.05, 3.63) is 29.8 Å². The van der Waals surface area contributed by atoms with Gasteiger partial charge in [-0.3, -0.25) is 0 Å². The predicted molar refractivity (Wildman–Crippen MR) is 106 cm³/mol. The maximum Gasteiger partial charge on any atom is 0.243 e. The molecule has 1 aromatic rings. The summed E-state index contributed by atoms with van der Waals surface area (Å²) in [5.74, 6) is 0. The van der Waals surface area contributed by atoms with Crippen LogP contribution in [0.3, 0.4) is 0 Å². The molecule has 0 amide bonds. The third kappa shape index (κ3) is 6.54. The largest absolute Gasteiger partial charge is 0.357 e. The fourth-order valence-electron chi connectivity index (χ4n) is 2.40. The van der Waals surface area contributed by atoms with Crippen molar-refractivity contribution in [1.29, 1.82) is 0 Å². The number of hydrogen-bond acceptors (Lipinski definition) is 3. The summed E-state index contributed by atoms with van der Waals surface area (Å²) in [7, 11) is 0.769. The molecule has 1 atom stereocenters. The molecule has 0 aliphatic rings. The van der Waals surface area contributed by atoms with Gasteiger partial charge in [-0.2, -0.15) is 4.31 Å². The van der Waals surface area contributed by atoms with E-state index in [1.807, 2.05) is 32.9 Å². The number of nitrogens with one attached hydrogen (secondary N) is 3. The van der Waals surface area contributed by atoms with Crippen molar-refractivity contribution < 1.29 is 13.3 Å². The van der Waals surface area contributed by atoms with E-state index in [1.165, 1.54) is 9.21 Å². The lowest BCUT2D eigenvalue weighted by Gasteiger charge is -2.20. The molecular formula is C17H31N4O2S2+. The molecule has 0 saturated carbocycles. The standard InChI is InChI=1S/C17H30N4O2S2/c1-6-21(7-2)25(22,23)16-10-8-15(9-11-16)14(3)19-17(24)18-12-13-20(4)5/h8-11,14H,6-7,12-13H2,1-5H3,(H2,18,19,24)/p+1/t14-/m1/s1. The molecule has 8 heteroatoms. The summed E-state index contributed by atoms with van der Waals surface area (Å²) in [6.07, 6.45) is 0. The van der Waals surface area contributed by atoms with Gasteiger partial charge in [0, 0.05) is 13.1 Å². The number of thiocarbonyl (C=S) groups is 1.